The van der Waals surface area contributed by atoms with E-state index in [1.807, 2.05) is 0 Å². The van der Waals surface area contributed by atoms with Crippen LogP contribution in [0.5, 0.6) is 11.5 Å². The van der Waals surface area contributed by atoms with Crippen molar-refractivity contribution < 1.29 is 18.5 Å². The van der Waals surface area contributed by atoms with E-state index in [1.54, 1.807) is 0 Å². The quantitative estimate of drug-likeness (QED) is 0.428. The van der Waals surface area contributed by atoms with E-state index in [0.29, 0.717) is 11.5 Å². The van der Waals surface area contributed by atoms with Crippen LogP contribution in [0.3, 0.4) is 0 Å². The lowest BCUT2D eigenvalue weighted by molar-refractivity contribution is 0.283. The first-order valence-electron chi connectivity index (χ1n) is 11.9. The molecule has 1 aliphatic rings. The Morgan fingerprint density at radius 1 is 0.742 bits per heavy atom. The van der Waals surface area contributed by atoms with E-state index < -0.39 is 7.82 Å². The molecule has 0 radical (unpaired) electrons. The third-order valence-corrected chi connectivity index (χ3v) is 6.80. The first kappa shape index (κ1) is 23.9. The maximum Gasteiger partial charge on any atom is 0.584 e. The van der Waals surface area contributed by atoms with Crippen LogP contribution in [0.4, 0.5) is 0 Å². The normalized spacial score (nSPS) is 20.1. The van der Waals surface area contributed by atoms with Crippen molar-refractivity contribution in [3.8, 4) is 11.5 Å². The fourth-order valence-electron chi connectivity index (χ4n) is 4.62. The van der Waals surface area contributed by atoms with E-state index in [-0.39, 0.29) is 5.92 Å². The molecule has 2 aromatic carbocycles. The van der Waals surface area contributed by atoms with Crippen LogP contribution in [0.15, 0.2) is 24.3 Å². The number of aryl methyl sites for hydroxylation is 4. The molecule has 1 heterocycles. The van der Waals surface area contributed by atoms with Gasteiger partial charge in [-0.15, -0.1) is 0 Å². The molecule has 0 bridgehead atoms. The summed E-state index contributed by atoms with van der Waals surface area (Å²) in [6.45, 7) is 10.7. The summed E-state index contributed by atoms with van der Waals surface area (Å²) in [5.41, 5.74) is 6.49. The summed E-state index contributed by atoms with van der Waals surface area (Å²) in [6, 6.07) is 8.61. The Bertz CT molecular complexity index is 893. The van der Waals surface area contributed by atoms with Crippen LogP contribution < -0.4 is 9.05 Å². The molecular weight excluding hydrogens is 407 g/mol. The van der Waals surface area contributed by atoms with Crippen molar-refractivity contribution in [1.82, 2.24) is 0 Å². The molecule has 0 unspecified atom stereocenters. The lowest BCUT2D eigenvalue weighted by Crippen LogP contribution is -2.14. The largest absolute Gasteiger partial charge is 0.584 e. The van der Waals surface area contributed by atoms with Gasteiger partial charge in [-0.1, -0.05) is 84.6 Å². The van der Waals surface area contributed by atoms with E-state index in [2.05, 4.69) is 58.9 Å². The Morgan fingerprint density at radius 2 is 1.13 bits per heavy atom. The van der Waals surface area contributed by atoms with Crippen LogP contribution in [0, 0.1) is 0 Å². The maximum atomic E-state index is 13.1. The summed E-state index contributed by atoms with van der Waals surface area (Å²) >= 11 is 0. The molecule has 0 aromatic heterocycles. The first-order valence-corrected chi connectivity index (χ1v) is 13.4. The second kappa shape index (κ2) is 10.2. The minimum absolute atomic E-state index is 0.00474. The number of rotatable bonds is 8. The monoisotopic (exact) mass is 444 g/mol. The molecule has 5 heteroatoms. The van der Waals surface area contributed by atoms with Gasteiger partial charge in [0.2, 0.25) is 0 Å². The van der Waals surface area contributed by atoms with Crippen LogP contribution in [0.25, 0.3) is 0 Å². The van der Waals surface area contributed by atoms with E-state index in [9.17, 15) is 9.46 Å². The average Bonchev–Trinajstić information content (AvgIpc) is 2.70. The van der Waals surface area contributed by atoms with Crippen LogP contribution in [-0.4, -0.2) is 4.89 Å². The number of phosphoric ester groups is 1. The molecular formula is C26H37O4P. The number of benzene rings is 2. The Hall–Kier alpha value is -1.77. The minimum atomic E-state index is -4.31. The molecule has 0 saturated heterocycles. The Morgan fingerprint density at radius 3 is 1.48 bits per heavy atom. The molecule has 3 rings (SSSR count). The Kier molecular flexibility index (Phi) is 7.88. The average molecular weight is 445 g/mol. The molecule has 0 spiro atoms. The van der Waals surface area contributed by atoms with Gasteiger partial charge in [-0.3, -0.25) is 4.89 Å². The van der Waals surface area contributed by atoms with Gasteiger partial charge in [-0.05, 0) is 47.9 Å². The zero-order valence-electron chi connectivity index (χ0n) is 19.7. The van der Waals surface area contributed by atoms with E-state index in [4.69, 9.17) is 9.05 Å². The summed E-state index contributed by atoms with van der Waals surface area (Å²) in [7, 11) is -4.31. The third-order valence-electron chi connectivity index (χ3n) is 5.97. The molecule has 31 heavy (non-hydrogen) atoms. The third kappa shape index (κ3) is 5.35. The highest BCUT2D eigenvalue weighted by Crippen LogP contribution is 2.54. The SMILES string of the molecule is CCCc1cc(CCC)c2c(c1)C(C)c1cc(CCC)cc(CCC)c1OP(=O)(O)O2. The number of fused-ring (bicyclic) bond motifs is 2. The summed E-state index contributed by atoms with van der Waals surface area (Å²) in [4.78, 5) is 10.7. The number of hydrogen-bond donors (Lipinski definition) is 1. The van der Waals surface area contributed by atoms with Gasteiger partial charge in [0.05, 0.1) is 0 Å². The Labute approximate surface area is 187 Å². The van der Waals surface area contributed by atoms with Crippen molar-refractivity contribution in [3.05, 3.63) is 57.6 Å². The molecule has 2 aromatic rings. The van der Waals surface area contributed by atoms with E-state index in [1.165, 1.54) is 11.1 Å². The van der Waals surface area contributed by atoms with Crippen molar-refractivity contribution in [2.75, 3.05) is 0 Å². The first-order chi connectivity index (χ1) is 14.8. The summed E-state index contributed by atoms with van der Waals surface area (Å²) in [5, 5.41) is 0. The lowest BCUT2D eigenvalue weighted by Gasteiger charge is -2.29. The van der Waals surface area contributed by atoms with E-state index >= 15 is 0 Å². The van der Waals surface area contributed by atoms with E-state index in [0.717, 1.165) is 73.6 Å². The highest BCUT2D eigenvalue weighted by Gasteiger charge is 2.35. The topological polar surface area (TPSA) is 55.8 Å². The van der Waals surface area contributed by atoms with Crippen LogP contribution in [0.2, 0.25) is 0 Å². The van der Waals surface area contributed by atoms with Crippen molar-refractivity contribution in [3.63, 3.8) is 0 Å². The molecule has 1 aliphatic heterocycles. The molecule has 170 valence electrons. The number of phosphoric acid groups is 1. The summed E-state index contributed by atoms with van der Waals surface area (Å²) < 4.78 is 24.6. The van der Waals surface area contributed by atoms with Gasteiger partial charge in [0, 0.05) is 17.0 Å². The lowest BCUT2D eigenvalue weighted by atomic mass is 9.85. The molecule has 0 fully saturated rings. The highest BCUT2D eigenvalue weighted by molar-refractivity contribution is 7.48. The second-order valence-corrected chi connectivity index (χ2v) is 10.0. The second-order valence-electron chi connectivity index (χ2n) is 8.72. The van der Waals surface area contributed by atoms with Crippen LogP contribution >= 0.6 is 7.82 Å². The zero-order valence-corrected chi connectivity index (χ0v) is 20.6. The predicted octanol–water partition coefficient (Wildman–Crippen LogP) is 7.52. The Balaban J connectivity index is 2.29. The van der Waals surface area contributed by atoms with Crippen LogP contribution in [-0.2, 0) is 30.2 Å². The molecule has 0 saturated carbocycles. The van der Waals surface area contributed by atoms with Gasteiger partial charge >= 0.3 is 7.82 Å². The van der Waals surface area contributed by atoms with Gasteiger partial charge in [0.1, 0.15) is 11.5 Å². The van der Waals surface area contributed by atoms with Gasteiger partial charge in [0.25, 0.3) is 0 Å². The van der Waals surface area contributed by atoms with Crippen molar-refractivity contribution in [1.29, 1.82) is 0 Å². The fourth-order valence-corrected chi connectivity index (χ4v) is 5.57. The molecule has 0 amide bonds. The smallest absolute Gasteiger partial charge is 0.395 e. The minimum Gasteiger partial charge on any atom is -0.395 e. The van der Waals surface area contributed by atoms with Gasteiger partial charge in [-0.2, -0.15) is 0 Å². The maximum absolute atomic E-state index is 13.1. The zero-order chi connectivity index (χ0) is 22.6. The number of hydrogen-bond acceptors (Lipinski definition) is 3. The van der Waals surface area contributed by atoms with Gasteiger partial charge < -0.3 is 9.05 Å². The summed E-state index contributed by atoms with van der Waals surface area (Å²) in [6.07, 6.45) is 7.55. The predicted molar refractivity (Wildman–Crippen MR) is 127 cm³/mol. The molecule has 4 nitrogen and oxygen atoms in total. The van der Waals surface area contributed by atoms with Gasteiger partial charge in [-0.25, -0.2) is 4.57 Å². The van der Waals surface area contributed by atoms with Crippen LogP contribution in [0.1, 0.15) is 99.6 Å². The fraction of sp³-hybridized carbons (Fsp3) is 0.538. The molecule has 0 aliphatic carbocycles. The van der Waals surface area contributed by atoms with Crippen molar-refractivity contribution >= 4 is 7.82 Å². The standard InChI is InChI=1S/C26H37O4P/c1-6-10-19-14-21(12-8-3)25-23(16-19)18(5)24-17-20(11-7-2)15-22(13-9-4)26(24)30-31(27,28)29-25/h14-18H,6-13H2,1-5H3,(H,27,28). The van der Waals surface area contributed by atoms with Crippen molar-refractivity contribution in [2.24, 2.45) is 0 Å². The van der Waals surface area contributed by atoms with Crippen molar-refractivity contribution in [2.45, 2.75) is 91.9 Å². The van der Waals surface area contributed by atoms with Gasteiger partial charge in [0.15, 0.2) is 0 Å². The highest BCUT2D eigenvalue weighted by atomic mass is 31.2. The molecule has 1 N–H and O–H groups in total. The summed E-state index contributed by atoms with van der Waals surface area (Å²) in [5.74, 6) is 1.07. The molecule has 0 atom stereocenters.